The highest BCUT2D eigenvalue weighted by Crippen LogP contribution is 2.42. The minimum atomic E-state index is -4.06. The van der Waals surface area contributed by atoms with E-state index in [4.69, 9.17) is 0 Å². The molecule has 1 aliphatic carbocycles. The van der Waals surface area contributed by atoms with Gasteiger partial charge in [-0.2, -0.15) is 18.2 Å². The highest BCUT2D eigenvalue weighted by molar-refractivity contribution is 5.30. The second-order valence-electron chi connectivity index (χ2n) is 5.85. The number of nitrogens with zero attached hydrogens (tertiary/aromatic N) is 3. The first kappa shape index (κ1) is 14.6. The summed E-state index contributed by atoms with van der Waals surface area (Å²) in [7, 11) is 0. The lowest BCUT2D eigenvalue weighted by molar-refractivity contribution is -0.182. The first-order valence-electron chi connectivity index (χ1n) is 7.48. The molecule has 2 aliphatic rings. The maximum Gasteiger partial charge on any atom is 0.391 e. The van der Waals surface area contributed by atoms with Crippen LogP contribution in [0.1, 0.15) is 37.4 Å². The van der Waals surface area contributed by atoms with Gasteiger partial charge in [0.15, 0.2) is 0 Å². The summed E-state index contributed by atoms with van der Waals surface area (Å²) in [6, 6.07) is 0. The fraction of sp³-hybridized carbons (Fsp3) is 0.846. The summed E-state index contributed by atoms with van der Waals surface area (Å²) < 4.78 is 38.0. The number of aromatic amines is 1. The molecule has 0 spiro atoms. The van der Waals surface area contributed by atoms with Crippen LogP contribution in [-0.2, 0) is 0 Å². The molecule has 118 valence electrons. The molecule has 0 amide bonds. The first-order chi connectivity index (χ1) is 10.0. The zero-order valence-electron chi connectivity index (χ0n) is 11.8. The van der Waals surface area contributed by atoms with Gasteiger partial charge in [0.2, 0.25) is 5.95 Å². The Morgan fingerprint density at radius 1 is 1.05 bits per heavy atom. The zero-order valence-corrected chi connectivity index (χ0v) is 11.8. The van der Waals surface area contributed by atoms with Crippen LogP contribution in [0.3, 0.4) is 0 Å². The zero-order chi connectivity index (χ0) is 14.9. The molecule has 0 aromatic carbocycles. The van der Waals surface area contributed by atoms with Crippen molar-refractivity contribution >= 4 is 5.95 Å². The van der Waals surface area contributed by atoms with Gasteiger partial charge in [-0.1, -0.05) is 0 Å². The minimum Gasteiger partial charge on any atom is -0.337 e. The van der Waals surface area contributed by atoms with Gasteiger partial charge in [-0.25, -0.2) is 0 Å². The Hall–Kier alpha value is -1.31. The maximum atomic E-state index is 12.7. The molecule has 2 fully saturated rings. The summed E-state index contributed by atoms with van der Waals surface area (Å²) in [4.78, 5) is 6.59. The Balaban J connectivity index is 1.60. The van der Waals surface area contributed by atoms with Crippen molar-refractivity contribution in [3.05, 3.63) is 5.82 Å². The molecule has 0 atom stereocenters. The van der Waals surface area contributed by atoms with Crippen molar-refractivity contribution in [2.24, 2.45) is 5.92 Å². The minimum absolute atomic E-state index is 0.0766. The van der Waals surface area contributed by atoms with Crippen molar-refractivity contribution in [2.45, 2.75) is 37.8 Å². The summed E-state index contributed by atoms with van der Waals surface area (Å²) in [5.41, 5.74) is 0. The molecule has 8 heteroatoms. The summed E-state index contributed by atoms with van der Waals surface area (Å²) in [5, 5.41) is 10.4. The lowest BCUT2D eigenvalue weighted by Crippen LogP contribution is -2.44. The fourth-order valence-corrected chi connectivity index (χ4v) is 3.15. The van der Waals surface area contributed by atoms with Gasteiger partial charge in [-0.15, -0.1) is 5.10 Å². The smallest absolute Gasteiger partial charge is 0.337 e. The topological polar surface area (TPSA) is 56.8 Å². The van der Waals surface area contributed by atoms with Gasteiger partial charge in [-0.05, 0) is 25.7 Å². The van der Waals surface area contributed by atoms with Crippen LogP contribution in [0.15, 0.2) is 0 Å². The Bertz CT molecular complexity index is 459. The first-order valence-corrected chi connectivity index (χ1v) is 7.48. The molecule has 1 aliphatic heterocycles. The van der Waals surface area contributed by atoms with Crippen LogP contribution in [0, 0.1) is 5.92 Å². The van der Waals surface area contributed by atoms with E-state index >= 15 is 0 Å². The Morgan fingerprint density at radius 2 is 1.71 bits per heavy atom. The van der Waals surface area contributed by atoms with Gasteiger partial charge in [0.1, 0.15) is 5.82 Å². The van der Waals surface area contributed by atoms with Gasteiger partial charge >= 0.3 is 6.18 Å². The van der Waals surface area contributed by atoms with Crippen molar-refractivity contribution < 1.29 is 13.2 Å². The van der Waals surface area contributed by atoms with Crippen LogP contribution in [-0.4, -0.2) is 47.5 Å². The number of anilines is 1. The molecule has 0 radical (unpaired) electrons. The number of rotatable bonds is 2. The molecular formula is C13H20F3N5. The lowest BCUT2D eigenvalue weighted by Gasteiger charge is -2.28. The number of piperazine rings is 1. The van der Waals surface area contributed by atoms with Crippen molar-refractivity contribution in [3.8, 4) is 0 Å². The van der Waals surface area contributed by atoms with Crippen molar-refractivity contribution in [1.29, 1.82) is 0 Å². The van der Waals surface area contributed by atoms with Crippen LogP contribution >= 0.6 is 0 Å². The molecule has 5 nitrogen and oxygen atoms in total. The van der Waals surface area contributed by atoms with Crippen molar-refractivity contribution in [1.82, 2.24) is 20.5 Å². The normalized spacial score (nSPS) is 27.9. The Morgan fingerprint density at radius 3 is 2.33 bits per heavy atom. The number of hydrogen-bond donors (Lipinski definition) is 2. The van der Waals surface area contributed by atoms with Crippen molar-refractivity contribution in [3.63, 3.8) is 0 Å². The second kappa shape index (κ2) is 5.82. The third-order valence-corrected chi connectivity index (χ3v) is 4.47. The summed E-state index contributed by atoms with van der Waals surface area (Å²) in [6.45, 7) is 3.53. The predicted molar refractivity (Wildman–Crippen MR) is 72.2 cm³/mol. The third kappa shape index (κ3) is 3.30. The van der Waals surface area contributed by atoms with Gasteiger partial charge in [0.05, 0.1) is 5.92 Å². The van der Waals surface area contributed by atoms with Gasteiger partial charge < -0.3 is 10.2 Å². The molecule has 2 heterocycles. The molecule has 1 aromatic heterocycles. The van der Waals surface area contributed by atoms with E-state index in [0.29, 0.717) is 18.8 Å². The van der Waals surface area contributed by atoms with E-state index < -0.39 is 12.1 Å². The van der Waals surface area contributed by atoms with Gasteiger partial charge in [0, 0.05) is 32.1 Å². The van der Waals surface area contributed by atoms with Crippen molar-refractivity contribution in [2.75, 3.05) is 31.1 Å². The quantitative estimate of drug-likeness (QED) is 0.878. The standard InChI is InChI=1S/C13H20F3N5/c14-13(15,16)10-3-1-9(2-4-10)11-18-12(20-19-11)21-7-5-17-6-8-21/h9-10,17H,1-8H2,(H,18,19,20). The predicted octanol–water partition coefficient (Wildman–Crippen LogP) is 2.05. The molecule has 21 heavy (non-hydrogen) atoms. The average Bonchev–Trinajstić information content (AvgIpc) is 2.97. The molecule has 0 bridgehead atoms. The van der Waals surface area contributed by atoms with Gasteiger partial charge in [0.25, 0.3) is 0 Å². The van der Waals surface area contributed by atoms with E-state index in [9.17, 15) is 13.2 Å². The monoisotopic (exact) mass is 303 g/mol. The van der Waals surface area contributed by atoms with E-state index in [1.165, 1.54) is 0 Å². The summed E-state index contributed by atoms with van der Waals surface area (Å²) in [6.07, 6.45) is -2.62. The third-order valence-electron chi connectivity index (χ3n) is 4.47. The maximum absolute atomic E-state index is 12.7. The van der Waals surface area contributed by atoms with Crippen LogP contribution in [0.4, 0.5) is 19.1 Å². The van der Waals surface area contributed by atoms with E-state index in [1.54, 1.807) is 0 Å². The number of hydrogen-bond acceptors (Lipinski definition) is 4. The average molecular weight is 303 g/mol. The molecule has 1 saturated carbocycles. The highest BCUT2D eigenvalue weighted by atomic mass is 19.4. The molecule has 2 N–H and O–H groups in total. The largest absolute Gasteiger partial charge is 0.391 e. The summed E-state index contributed by atoms with van der Waals surface area (Å²) >= 11 is 0. The van der Waals surface area contributed by atoms with Crippen LogP contribution < -0.4 is 10.2 Å². The van der Waals surface area contributed by atoms with E-state index in [1.807, 2.05) is 0 Å². The Kier molecular flexibility index (Phi) is 4.05. The SMILES string of the molecule is FC(F)(F)C1CCC(c2nc(N3CCNCC3)n[nH]2)CC1. The number of H-pyrrole nitrogens is 1. The highest BCUT2D eigenvalue weighted by Gasteiger charge is 2.42. The molecule has 3 rings (SSSR count). The van der Waals surface area contributed by atoms with E-state index in [0.717, 1.165) is 32.0 Å². The molecular weight excluding hydrogens is 283 g/mol. The van der Waals surface area contributed by atoms with E-state index in [2.05, 4.69) is 25.4 Å². The molecule has 1 aromatic rings. The lowest BCUT2D eigenvalue weighted by atomic mass is 9.81. The Labute approximate surface area is 121 Å². The van der Waals surface area contributed by atoms with Gasteiger partial charge in [-0.3, -0.25) is 5.10 Å². The number of alkyl halides is 3. The van der Waals surface area contributed by atoms with Crippen LogP contribution in [0.25, 0.3) is 0 Å². The number of nitrogens with one attached hydrogen (secondary N) is 2. The number of aromatic nitrogens is 3. The number of halogens is 3. The fourth-order valence-electron chi connectivity index (χ4n) is 3.15. The second-order valence-corrected chi connectivity index (χ2v) is 5.85. The van der Waals surface area contributed by atoms with E-state index in [-0.39, 0.29) is 18.8 Å². The molecule has 0 unspecified atom stereocenters. The van der Waals surface area contributed by atoms with Crippen LogP contribution in [0.5, 0.6) is 0 Å². The molecule has 1 saturated heterocycles. The summed E-state index contributed by atoms with van der Waals surface area (Å²) in [5.74, 6) is 0.339. The van der Waals surface area contributed by atoms with Crippen LogP contribution in [0.2, 0.25) is 0 Å².